The molecule has 4 nitrogen and oxygen atoms in total. The smallest absolute Gasteiger partial charge is 0.341 e. The van der Waals surface area contributed by atoms with Gasteiger partial charge in [-0.25, -0.2) is 9.78 Å². The Balaban J connectivity index is 2.62. The number of rotatable bonds is 3. The zero-order valence-electron chi connectivity index (χ0n) is 8.78. The van der Waals surface area contributed by atoms with E-state index < -0.39 is 12.6 Å². The zero-order chi connectivity index (χ0) is 13.3. The van der Waals surface area contributed by atoms with Gasteiger partial charge in [-0.15, -0.1) is 0 Å². The second-order valence-corrected chi connectivity index (χ2v) is 5.34. The molecule has 0 radical (unpaired) electrons. The molecule has 0 atom stereocenters. The van der Waals surface area contributed by atoms with Crippen molar-refractivity contribution in [3.05, 3.63) is 31.9 Å². The summed E-state index contributed by atoms with van der Waals surface area (Å²) in [4.78, 5) is 14.7. The summed E-state index contributed by atoms with van der Waals surface area (Å²) in [5.74, 6) is -0.684. The van der Waals surface area contributed by atoms with Gasteiger partial charge in [-0.1, -0.05) is 23.2 Å². The Labute approximate surface area is 126 Å². The van der Waals surface area contributed by atoms with Crippen LogP contribution in [0.15, 0.2) is 18.2 Å². The summed E-state index contributed by atoms with van der Waals surface area (Å²) in [5.41, 5.74) is 0.459. The summed E-state index contributed by atoms with van der Waals surface area (Å²) in [6, 6.07) is 5.03. The van der Waals surface area contributed by atoms with Crippen LogP contribution in [0.5, 0.6) is 5.75 Å². The van der Waals surface area contributed by atoms with Gasteiger partial charge in [-0.3, -0.25) is 0 Å². The third-order valence-corrected chi connectivity index (χ3v) is 3.47. The lowest BCUT2D eigenvalue weighted by atomic mass is 10.2. The molecule has 0 spiro atoms. The number of carbonyl (C=O) groups is 1. The molecule has 1 heterocycles. The highest BCUT2D eigenvalue weighted by atomic mass is 127. The first-order valence-corrected chi connectivity index (χ1v) is 6.61. The van der Waals surface area contributed by atoms with E-state index in [1.807, 2.05) is 22.6 Å². The van der Waals surface area contributed by atoms with E-state index in [0.717, 1.165) is 0 Å². The molecule has 7 heteroatoms. The highest BCUT2D eigenvalue weighted by Crippen LogP contribution is 2.35. The van der Waals surface area contributed by atoms with Gasteiger partial charge in [0.2, 0.25) is 0 Å². The molecule has 94 valence electrons. The molecule has 2 rings (SSSR count). The van der Waals surface area contributed by atoms with Crippen molar-refractivity contribution < 1.29 is 14.6 Å². The van der Waals surface area contributed by atoms with Crippen LogP contribution in [0.1, 0.15) is 0 Å². The molecule has 0 amide bonds. The molecule has 1 aromatic carbocycles. The monoisotopic (exact) mass is 397 g/mol. The van der Waals surface area contributed by atoms with E-state index in [0.29, 0.717) is 30.4 Å². The second-order valence-electron chi connectivity index (χ2n) is 3.38. The summed E-state index contributed by atoms with van der Waals surface area (Å²) >= 11 is 13.9. The molecule has 0 saturated heterocycles. The third kappa shape index (κ3) is 2.78. The van der Waals surface area contributed by atoms with E-state index >= 15 is 0 Å². The number of ether oxygens (including phenoxy) is 1. The van der Waals surface area contributed by atoms with Crippen molar-refractivity contribution in [2.75, 3.05) is 6.61 Å². The third-order valence-electron chi connectivity index (χ3n) is 2.14. The summed E-state index contributed by atoms with van der Waals surface area (Å²) in [6.45, 7) is -0.444. The van der Waals surface area contributed by atoms with Crippen molar-refractivity contribution in [1.29, 1.82) is 0 Å². The first kappa shape index (κ1) is 13.6. The lowest BCUT2D eigenvalue weighted by Crippen LogP contribution is -2.10. The number of halogens is 3. The van der Waals surface area contributed by atoms with Gasteiger partial charge in [0.15, 0.2) is 12.4 Å². The van der Waals surface area contributed by atoms with Gasteiger partial charge in [-0.2, -0.15) is 0 Å². The fraction of sp³-hybridized carbons (Fsp3) is 0.0909. The number of nitrogens with zero attached hydrogens (tertiary/aromatic N) is 1. The Kier molecular flexibility index (Phi) is 4.14. The Hall–Kier alpha value is -0.790. The topological polar surface area (TPSA) is 59.4 Å². The number of pyridine rings is 1. The number of carboxylic acids is 1. The molecule has 0 aliphatic heterocycles. The molecule has 1 aromatic heterocycles. The summed E-state index contributed by atoms with van der Waals surface area (Å²) in [5, 5.41) is 10.1. The quantitative estimate of drug-likeness (QED) is 0.634. The molecule has 0 aliphatic carbocycles. The Morgan fingerprint density at radius 3 is 2.83 bits per heavy atom. The summed E-state index contributed by atoms with van der Waals surface area (Å²) in [6.07, 6.45) is 0. The van der Waals surface area contributed by atoms with Crippen LogP contribution in [0.3, 0.4) is 0 Å². The van der Waals surface area contributed by atoms with Crippen molar-refractivity contribution in [3.63, 3.8) is 0 Å². The molecule has 1 N–H and O–H groups in total. The lowest BCUT2D eigenvalue weighted by molar-refractivity contribution is -0.139. The van der Waals surface area contributed by atoms with E-state index in [2.05, 4.69) is 4.98 Å². The number of hydrogen-bond acceptors (Lipinski definition) is 3. The predicted molar refractivity (Wildman–Crippen MR) is 77.6 cm³/mol. The van der Waals surface area contributed by atoms with E-state index in [-0.39, 0.29) is 0 Å². The van der Waals surface area contributed by atoms with E-state index in [9.17, 15) is 4.79 Å². The SMILES string of the molecule is O=C(O)COc1c(I)cc(Cl)c2ccc(Cl)nc12. The first-order valence-electron chi connectivity index (χ1n) is 4.78. The van der Waals surface area contributed by atoms with Crippen molar-refractivity contribution in [3.8, 4) is 5.75 Å². The molecule has 0 fully saturated rings. The van der Waals surface area contributed by atoms with Crippen LogP contribution in [0, 0.1) is 3.57 Å². The van der Waals surface area contributed by atoms with Gasteiger partial charge in [0, 0.05) is 5.39 Å². The molecule has 18 heavy (non-hydrogen) atoms. The van der Waals surface area contributed by atoms with Crippen LogP contribution in [0.4, 0.5) is 0 Å². The van der Waals surface area contributed by atoms with Crippen molar-refractivity contribution >= 4 is 62.7 Å². The molecule has 0 bridgehead atoms. The second kappa shape index (κ2) is 5.46. The molecular formula is C11H6Cl2INO3. The predicted octanol–water partition coefficient (Wildman–Crippen LogP) is 3.61. The zero-order valence-corrected chi connectivity index (χ0v) is 12.5. The number of fused-ring (bicyclic) bond motifs is 1. The number of hydrogen-bond donors (Lipinski definition) is 1. The number of aliphatic carboxylic acids is 1. The van der Waals surface area contributed by atoms with Gasteiger partial charge >= 0.3 is 5.97 Å². The maximum atomic E-state index is 10.6. The maximum Gasteiger partial charge on any atom is 0.341 e. The fourth-order valence-electron chi connectivity index (χ4n) is 1.44. The van der Waals surface area contributed by atoms with Crippen molar-refractivity contribution in [1.82, 2.24) is 4.98 Å². The summed E-state index contributed by atoms with van der Waals surface area (Å²) < 4.78 is 5.92. The fourth-order valence-corrected chi connectivity index (χ4v) is 2.76. The lowest BCUT2D eigenvalue weighted by Gasteiger charge is -2.10. The first-order chi connectivity index (χ1) is 8.49. The average molecular weight is 398 g/mol. The number of aromatic nitrogens is 1. The minimum absolute atomic E-state index is 0.292. The normalized spacial score (nSPS) is 10.6. The van der Waals surface area contributed by atoms with Gasteiger partial charge in [0.05, 0.1) is 8.59 Å². The van der Waals surface area contributed by atoms with Crippen LogP contribution in [0.2, 0.25) is 10.2 Å². The molecule has 0 aliphatic rings. The highest BCUT2D eigenvalue weighted by Gasteiger charge is 2.14. The van der Waals surface area contributed by atoms with Crippen LogP contribution in [-0.4, -0.2) is 22.7 Å². The highest BCUT2D eigenvalue weighted by molar-refractivity contribution is 14.1. The standard InChI is InChI=1S/C11H6Cl2INO3/c12-6-3-7(14)11(18-4-9(16)17)10-5(6)1-2-8(13)15-10/h1-3H,4H2,(H,16,17). The van der Waals surface area contributed by atoms with Crippen LogP contribution < -0.4 is 4.74 Å². The largest absolute Gasteiger partial charge is 0.479 e. The molecular weight excluding hydrogens is 392 g/mol. The number of benzene rings is 1. The molecule has 2 aromatic rings. The van der Waals surface area contributed by atoms with E-state index in [1.165, 1.54) is 0 Å². The Bertz CT molecular complexity index is 633. The molecule has 0 unspecified atom stereocenters. The van der Waals surface area contributed by atoms with Gasteiger partial charge in [0.1, 0.15) is 10.7 Å². The minimum Gasteiger partial charge on any atom is -0.479 e. The Morgan fingerprint density at radius 2 is 2.17 bits per heavy atom. The van der Waals surface area contributed by atoms with Crippen LogP contribution >= 0.6 is 45.8 Å². The van der Waals surface area contributed by atoms with E-state index in [4.69, 9.17) is 33.0 Å². The van der Waals surface area contributed by atoms with Gasteiger partial charge in [0.25, 0.3) is 0 Å². The molecule has 0 saturated carbocycles. The number of carboxylic acid groups (broad SMARTS) is 1. The average Bonchev–Trinajstić information content (AvgIpc) is 2.27. The maximum absolute atomic E-state index is 10.6. The van der Waals surface area contributed by atoms with E-state index in [1.54, 1.807) is 18.2 Å². The van der Waals surface area contributed by atoms with Crippen molar-refractivity contribution in [2.45, 2.75) is 0 Å². The van der Waals surface area contributed by atoms with Crippen molar-refractivity contribution in [2.24, 2.45) is 0 Å². The van der Waals surface area contributed by atoms with Gasteiger partial charge < -0.3 is 9.84 Å². The summed E-state index contributed by atoms with van der Waals surface area (Å²) in [7, 11) is 0. The Morgan fingerprint density at radius 1 is 1.44 bits per heavy atom. The van der Waals surface area contributed by atoms with Gasteiger partial charge in [-0.05, 0) is 40.8 Å². The van der Waals surface area contributed by atoms with Crippen LogP contribution in [-0.2, 0) is 4.79 Å². The minimum atomic E-state index is -1.06. The van der Waals surface area contributed by atoms with Crippen LogP contribution in [0.25, 0.3) is 10.9 Å².